The molecule has 0 amide bonds. The van der Waals surface area contributed by atoms with Crippen LogP contribution in [0.5, 0.6) is 11.5 Å². The van der Waals surface area contributed by atoms with E-state index in [2.05, 4.69) is 4.90 Å². The minimum absolute atomic E-state index is 0.382. The van der Waals surface area contributed by atoms with Crippen molar-refractivity contribution < 1.29 is 19.7 Å². The van der Waals surface area contributed by atoms with E-state index in [4.69, 9.17) is 21.1 Å². The topological polar surface area (TPSA) is 62.2 Å². The molecule has 1 saturated heterocycles. The zero-order valence-electron chi connectivity index (χ0n) is 11.5. The van der Waals surface area contributed by atoms with Crippen LogP contribution in [0.25, 0.3) is 0 Å². The fourth-order valence-corrected chi connectivity index (χ4v) is 3.26. The number of ether oxygens (including phenoxy) is 2. The molecule has 3 atom stereocenters. The van der Waals surface area contributed by atoms with Crippen LogP contribution in [0.4, 0.5) is 0 Å². The molecule has 20 heavy (non-hydrogen) atoms. The minimum Gasteiger partial charge on any atom is -0.493 e. The first-order chi connectivity index (χ1) is 9.44. The third kappa shape index (κ3) is 2.05. The number of aliphatic hydroxyl groups excluding tert-OH is 1. The molecule has 2 heterocycles. The van der Waals surface area contributed by atoms with Gasteiger partial charge in [-0.15, -0.1) is 0 Å². The number of methoxy groups -OCH3 is 1. The summed E-state index contributed by atoms with van der Waals surface area (Å²) in [7, 11) is 3.47. The monoisotopic (exact) mass is 299 g/mol. The Morgan fingerprint density at radius 1 is 1.50 bits per heavy atom. The summed E-state index contributed by atoms with van der Waals surface area (Å²) in [6.07, 6.45) is -0.393. The molecule has 2 aliphatic heterocycles. The number of halogens is 1. The van der Waals surface area contributed by atoms with E-state index >= 15 is 0 Å². The van der Waals surface area contributed by atoms with Crippen molar-refractivity contribution in [3.05, 3.63) is 22.7 Å². The van der Waals surface area contributed by atoms with Gasteiger partial charge in [0.25, 0.3) is 0 Å². The van der Waals surface area contributed by atoms with E-state index in [9.17, 15) is 10.2 Å². The lowest BCUT2D eigenvalue weighted by Gasteiger charge is -2.48. The first-order valence-corrected chi connectivity index (χ1v) is 6.98. The Labute approximate surface area is 122 Å². The SMILES string of the molecule is COc1cc(Cl)cc2c1OC1(O)CCN(C)CC1C2O. The summed E-state index contributed by atoms with van der Waals surface area (Å²) in [6, 6.07) is 3.28. The van der Waals surface area contributed by atoms with Gasteiger partial charge in [0.2, 0.25) is 5.79 Å². The minimum atomic E-state index is -1.36. The number of likely N-dealkylation sites (tertiary alicyclic amines) is 1. The van der Waals surface area contributed by atoms with Crippen LogP contribution in [0.3, 0.4) is 0 Å². The molecule has 0 saturated carbocycles. The van der Waals surface area contributed by atoms with Crippen molar-refractivity contribution in [3.8, 4) is 11.5 Å². The molecule has 0 aliphatic carbocycles. The maximum absolute atomic E-state index is 10.7. The Kier molecular flexibility index (Phi) is 3.33. The van der Waals surface area contributed by atoms with Crippen molar-refractivity contribution in [2.75, 3.05) is 27.2 Å². The lowest BCUT2D eigenvalue weighted by Crippen LogP contribution is -2.58. The summed E-state index contributed by atoms with van der Waals surface area (Å²) < 4.78 is 11.0. The Bertz CT molecular complexity index is 538. The zero-order chi connectivity index (χ0) is 14.5. The predicted octanol–water partition coefficient (Wildman–Crippen LogP) is 1.41. The molecule has 2 N–H and O–H groups in total. The number of fused-ring (bicyclic) bond motifs is 2. The Morgan fingerprint density at radius 3 is 2.95 bits per heavy atom. The molecule has 1 fully saturated rings. The van der Waals surface area contributed by atoms with E-state index in [0.717, 1.165) is 0 Å². The Morgan fingerprint density at radius 2 is 2.25 bits per heavy atom. The highest BCUT2D eigenvalue weighted by Crippen LogP contribution is 2.50. The Hall–Kier alpha value is -1.01. The van der Waals surface area contributed by atoms with Crippen molar-refractivity contribution >= 4 is 11.6 Å². The van der Waals surface area contributed by atoms with Gasteiger partial charge in [-0.05, 0) is 13.1 Å². The van der Waals surface area contributed by atoms with E-state index < -0.39 is 17.8 Å². The quantitative estimate of drug-likeness (QED) is 0.821. The summed E-state index contributed by atoms with van der Waals surface area (Å²) >= 11 is 6.04. The first kappa shape index (κ1) is 13.9. The molecule has 1 aromatic carbocycles. The molecule has 0 bridgehead atoms. The van der Waals surface area contributed by atoms with Gasteiger partial charge in [-0.25, -0.2) is 0 Å². The van der Waals surface area contributed by atoms with Gasteiger partial charge in [0, 0.05) is 36.2 Å². The molecule has 0 radical (unpaired) electrons. The molecule has 3 rings (SSSR count). The first-order valence-electron chi connectivity index (χ1n) is 6.60. The van der Waals surface area contributed by atoms with Crippen molar-refractivity contribution in [1.82, 2.24) is 4.90 Å². The van der Waals surface area contributed by atoms with E-state index in [-0.39, 0.29) is 0 Å². The molecule has 110 valence electrons. The fourth-order valence-electron chi connectivity index (χ4n) is 3.04. The number of benzene rings is 1. The molecule has 0 aromatic heterocycles. The molecule has 6 heteroatoms. The van der Waals surface area contributed by atoms with Crippen LogP contribution in [-0.4, -0.2) is 48.1 Å². The van der Waals surface area contributed by atoms with Gasteiger partial charge in [0.05, 0.1) is 19.1 Å². The molecule has 0 spiro atoms. The second kappa shape index (κ2) is 4.77. The van der Waals surface area contributed by atoms with Crippen molar-refractivity contribution in [1.29, 1.82) is 0 Å². The highest BCUT2D eigenvalue weighted by atomic mass is 35.5. The lowest BCUT2D eigenvalue weighted by atomic mass is 9.80. The average molecular weight is 300 g/mol. The number of hydrogen-bond donors (Lipinski definition) is 2. The zero-order valence-corrected chi connectivity index (χ0v) is 12.2. The maximum atomic E-state index is 10.7. The molecule has 5 nitrogen and oxygen atoms in total. The number of hydrogen-bond acceptors (Lipinski definition) is 5. The molecule has 2 aliphatic rings. The number of aliphatic hydroxyl groups is 2. The number of rotatable bonds is 1. The smallest absolute Gasteiger partial charge is 0.216 e. The van der Waals surface area contributed by atoms with Gasteiger partial charge >= 0.3 is 0 Å². The summed E-state index contributed by atoms with van der Waals surface area (Å²) in [5.41, 5.74) is 0.569. The molecular formula is C14H18ClNO4. The molecule has 3 unspecified atom stereocenters. The molecular weight excluding hydrogens is 282 g/mol. The van der Waals surface area contributed by atoms with Crippen molar-refractivity contribution in [2.24, 2.45) is 5.92 Å². The van der Waals surface area contributed by atoms with Crippen molar-refractivity contribution in [3.63, 3.8) is 0 Å². The van der Waals surface area contributed by atoms with Crippen LogP contribution in [0, 0.1) is 5.92 Å². The summed E-state index contributed by atoms with van der Waals surface area (Å²) in [6.45, 7) is 1.27. The van der Waals surface area contributed by atoms with Gasteiger partial charge in [0.1, 0.15) is 0 Å². The van der Waals surface area contributed by atoms with Crippen LogP contribution in [-0.2, 0) is 0 Å². The van der Waals surface area contributed by atoms with Crippen LogP contribution < -0.4 is 9.47 Å². The normalized spacial score (nSPS) is 33.0. The summed E-state index contributed by atoms with van der Waals surface area (Å²) in [5, 5.41) is 21.8. The van der Waals surface area contributed by atoms with E-state index in [0.29, 0.717) is 41.6 Å². The standard InChI is InChI=1S/C14H18ClNO4/c1-16-4-3-14(18)10(7-16)12(17)9-5-8(15)6-11(19-2)13(9)20-14/h5-6,10,12,17-18H,3-4,7H2,1-2H3. The third-order valence-corrected chi connectivity index (χ3v) is 4.40. The Balaban J connectivity index is 2.09. The van der Waals surface area contributed by atoms with Crippen LogP contribution in [0.2, 0.25) is 5.02 Å². The van der Waals surface area contributed by atoms with E-state index in [1.165, 1.54) is 7.11 Å². The molecule has 1 aromatic rings. The number of nitrogens with zero attached hydrogens (tertiary/aromatic N) is 1. The predicted molar refractivity (Wildman–Crippen MR) is 74.1 cm³/mol. The van der Waals surface area contributed by atoms with E-state index in [1.54, 1.807) is 12.1 Å². The van der Waals surface area contributed by atoms with Gasteiger partial charge in [-0.1, -0.05) is 11.6 Å². The van der Waals surface area contributed by atoms with Crippen LogP contribution >= 0.6 is 11.6 Å². The van der Waals surface area contributed by atoms with Gasteiger partial charge in [0.15, 0.2) is 11.5 Å². The van der Waals surface area contributed by atoms with Gasteiger partial charge in [-0.2, -0.15) is 0 Å². The van der Waals surface area contributed by atoms with Gasteiger partial charge < -0.3 is 24.6 Å². The maximum Gasteiger partial charge on any atom is 0.216 e. The summed E-state index contributed by atoms with van der Waals surface area (Å²) in [5.74, 6) is -0.956. The fraction of sp³-hybridized carbons (Fsp3) is 0.571. The third-order valence-electron chi connectivity index (χ3n) is 4.19. The van der Waals surface area contributed by atoms with Gasteiger partial charge in [-0.3, -0.25) is 0 Å². The number of piperidine rings is 1. The lowest BCUT2D eigenvalue weighted by molar-refractivity contribution is -0.239. The highest BCUT2D eigenvalue weighted by Gasteiger charge is 2.51. The second-order valence-corrected chi connectivity index (χ2v) is 5.97. The average Bonchev–Trinajstić information content (AvgIpc) is 2.41. The van der Waals surface area contributed by atoms with Crippen molar-refractivity contribution in [2.45, 2.75) is 18.3 Å². The van der Waals surface area contributed by atoms with Crippen LogP contribution in [0.15, 0.2) is 12.1 Å². The van der Waals surface area contributed by atoms with Crippen LogP contribution in [0.1, 0.15) is 18.1 Å². The summed E-state index contributed by atoms with van der Waals surface area (Å²) in [4.78, 5) is 2.07. The largest absolute Gasteiger partial charge is 0.493 e. The highest BCUT2D eigenvalue weighted by molar-refractivity contribution is 6.30. The van der Waals surface area contributed by atoms with E-state index in [1.807, 2.05) is 7.05 Å². The second-order valence-electron chi connectivity index (χ2n) is 5.54.